The first-order chi connectivity index (χ1) is 18.9. The maximum absolute atomic E-state index is 13.1. The number of fused-ring (bicyclic) bond motifs is 1. The van der Waals surface area contributed by atoms with E-state index in [1.54, 1.807) is 4.52 Å². The zero-order chi connectivity index (χ0) is 27.1. The van der Waals surface area contributed by atoms with Crippen LogP contribution in [0.2, 0.25) is 0 Å². The third kappa shape index (κ3) is 5.21. The number of anilines is 1. The van der Waals surface area contributed by atoms with E-state index in [4.69, 9.17) is 9.47 Å². The summed E-state index contributed by atoms with van der Waals surface area (Å²) in [6.45, 7) is 11.8. The summed E-state index contributed by atoms with van der Waals surface area (Å²) in [7, 11) is 0. The lowest BCUT2D eigenvalue weighted by Crippen LogP contribution is -2.49. The SMILES string of the molecule is Cc1nc2nc(C)c(O[C@@H]3CCN(c4ccc([C@H]5CC[C@H](C(=O)N6CCOC[C@@H]6C)CC5)cc4)C3)c(C)n2n1. The van der Waals surface area contributed by atoms with Gasteiger partial charge in [-0.25, -0.2) is 4.98 Å². The summed E-state index contributed by atoms with van der Waals surface area (Å²) in [5.41, 5.74) is 4.43. The Hall–Kier alpha value is -3.20. The average molecular weight is 533 g/mol. The largest absolute Gasteiger partial charge is 0.485 e. The van der Waals surface area contributed by atoms with Crippen molar-refractivity contribution in [2.75, 3.05) is 37.7 Å². The van der Waals surface area contributed by atoms with E-state index in [-0.39, 0.29) is 18.1 Å². The molecule has 3 aliphatic rings. The molecule has 0 bridgehead atoms. The van der Waals surface area contributed by atoms with Gasteiger partial charge in [0.15, 0.2) is 5.75 Å². The van der Waals surface area contributed by atoms with Gasteiger partial charge in [0.25, 0.3) is 5.78 Å². The number of hydrogen-bond acceptors (Lipinski definition) is 7. The maximum Gasteiger partial charge on any atom is 0.253 e. The van der Waals surface area contributed by atoms with Crippen molar-refractivity contribution in [1.82, 2.24) is 24.5 Å². The molecule has 208 valence electrons. The summed E-state index contributed by atoms with van der Waals surface area (Å²) < 4.78 is 13.8. The van der Waals surface area contributed by atoms with Crippen molar-refractivity contribution in [2.45, 2.75) is 77.9 Å². The monoisotopic (exact) mass is 532 g/mol. The molecule has 1 aromatic carbocycles. The quantitative estimate of drug-likeness (QED) is 0.486. The van der Waals surface area contributed by atoms with Crippen LogP contribution in [0.15, 0.2) is 24.3 Å². The van der Waals surface area contributed by atoms with E-state index in [0.29, 0.717) is 36.6 Å². The summed E-state index contributed by atoms with van der Waals surface area (Å²) in [5.74, 6) is 3.18. The fourth-order valence-corrected chi connectivity index (χ4v) is 6.58. The second-order valence-corrected chi connectivity index (χ2v) is 11.6. The number of amides is 1. The van der Waals surface area contributed by atoms with Crippen LogP contribution in [0.4, 0.5) is 5.69 Å². The third-order valence-electron chi connectivity index (χ3n) is 8.82. The molecule has 2 atom stereocenters. The Balaban J connectivity index is 1.04. The van der Waals surface area contributed by atoms with Crippen molar-refractivity contribution in [1.29, 1.82) is 0 Å². The van der Waals surface area contributed by atoms with Crippen molar-refractivity contribution in [3.05, 3.63) is 47.0 Å². The molecular formula is C30H40N6O3. The lowest BCUT2D eigenvalue weighted by atomic mass is 9.78. The number of aryl methyl sites for hydroxylation is 3. The van der Waals surface area contributed by atoms with Gasteiger partial charge in [-0.1, -0.05) is 12.1 Å². The number of hydrogen-bond donors (Lipinski definition) is 0. The van der Waals surface area contributed by atoms with Crippen molar-refractivity contribution in [2.24, 2.45) is 5.92 Å². The van der Waals surface area contributed by atoms with E-state index in [2.05, 4.69) is 51.2 Å². The third-order valence-corrected chi connectivity index (χ3v) is 8.82. The smallest absolute Gasteiger partial charge is 0.253 e. The Morgan fingerprint density at radius 2 is 1.77 bits per heavy atom. The van der Waals surface area contributed by atoms with Gasteiger partial charge in [0, 0.05) is 31.1 Å². The summed E-state index contributed by atoms with van der Waals surface area (Å²) in [4.78, 5) is 26.5. The van der Waals surface area contributed by atoms with Gasteiger partial charge in [0.05, 0.1) is 37.2 Å². The van der Waals surface area contributed by atoms with Crippen LogP contribution in [-0.2, 0) is 9.53 Å². The average Bonchev–Trinajstić information content (AvgIpc) is 3.57. The van der Waals surface area contributed by atoms with Gasteiger partial charge in [-0.3, -0.25) is 4.79 Å². The molecular weight excluding hydrogens is 492 g/mol. The number of morpholine rings is 1. The molecule has 3 aromatic rings. The first-order valence-electron chi connectivity index (χ1n) is 14.5. The Morgan fingerprint density at radius 1 is 1.00 bits per heavy atom. The number of carbonyl (C=O) groups excluding carboxylic acids is 1. The first kappa shape index (κ1) is 26.0. The van der Waals surface area contributed by atoms with Crippen LogP contribution in [0, 0.1) is 26.7 Å². The van der Waals surface area contributed by atoms with Crippen LogP contribution >= 0.6 is 0 Å². The van der Waals surface area contributed by atoms with Crippen LogP contribution in [0.3, 0.4) is 0 Å². The van der Waals surface area contributed by atoms with Gasteiger partial charge in [0.1, 0.15) is 11.9 Å². The fraction of sp³-hybridized carbons (Fsp3) is 0.600. The minimum absolute atomic E-state index is 0.105. The highest BCUT2D eigenvalue weighted by molar-refractivity contribution is 5.79. The first-order valence-corrected chi connectivity index (χ1v) is 14.5. The minimum atomic E-state index is 0.105. The molecule has 1 aliphatic carbocycles. The van der Waals surface area contributed by atoms with Crippen LogP contribution in [-0.4, -0.2) is 75.4 Å². The number of benzene rings is 1. The molecule has 3 fully saturated rings. The van der Waals surface area contributed by atoms with E-state index in [1.165, 1.54) is 11.3 Å². The standard InChI is InChI=1S/C30H40N6O3/c1-19-18-38-16-15-35(19)29(37)25-7-5-23(6-8-25)24-9-11-26(12-10-24)34-14-13-27(17-34)39-28-20(2)31-30-32-22(4)33-36(30)21(28)3/h9-12,19,23,25,27H,5-8,13-18H2,1-4H3/t19-,23-,25-,27+/m0/s1. The van der Waals surface area contributed by atoms with Gasteiger partial charge in [-0.05, 0) is 77.0 Å². The van der Waals surface area contributed by atoms with Gasteiger partial charge in [-0.2, -0.15) is 9.50 Å². The molecule has 4 heterocycles. The molecule has 2 saturated heterocycles. The summed E-state index contributed by atoms with van der Waals surface area (Å²) in [5, 5.41) is 4.46. The number of carbonyl (C=O) groups is 1. The highest BCUT2D eigenvalue weighted by Crippen LogP contribution is 2.38. The lowest BCUT2D eigenvalue weighted by Gasteiger charge is -2.37. The Kier molecular flexibility index (Phi) is 7.18. The van der Waals surface area contributed by atoms with Gasteiger partial charge in [-0.15, -0.1) is 5.10 Å². The molecule has 39 heavy (non-hydrogen) atoms. The summed E-state index contributed by atoms with van der Waals surface area (Å²) >= 11 is 0. The number of ether oxygens (including phenoxy) is 2. The van der Waals surface area contributed by atoms with Crippen molar-refractivity contribution < 1.29 is 14.3 Å². The molecule has 2 aromatic heterocycles. The Labute approximate surface area is 230 Å². The topological polar surface area (TPSA) is 85.1 Å². The maximum atomic E-state index is 13.1. The van der Waals surface area contributed by atoms with Crippen molar-refractivity contribution in [3.63, 3.8) is 0 Å². The van der Waals surface area contributed by atoms with E-state index < -0.39 is 0 Å². The van der Waals surface area contributed by atoms with Crippen LogP contribution in [0.1, 0.15) is 67.7 Å². The highest BCUT2D eigenvalue weighted by atomic mass is 16.5. The summed E-state index contributed by atoms with van der Waals surface area (Å²) in [6, 6.07) is 9.29. The van der Waals surface area contributed by atoms with Gasteiger partial charge >= 0.3 is 0 Å². The van der Waals surface area contributed by atoms with E-state index >= 15 is 0 Å². The van der Waals surface area contributed by atoms with Gasteiger partial charge < -0.3 is 19.3 Å². The molecule has 6 rings (SSSR count). The molecule has 0 unspecified atom stereocenters. The molecule has 0 spiro atoms. The predicted molar refractivity (Wildman–Crippen MR) is 149 cm³/mol. The lowest BCUT2D eigenvalue weighted by molar-refractivity contribution is -0.144. The Bertz CT molecular complexity index is 1330. The zero-order valence-electron chi connectivity index (χ0n) is 23.6. The van der Waals surface area contributed by atoms with Crippen LogP contribution in [0.5, 0.6) is 5.75 Å². The molecule has 1 amide bonds. The second-order valence-electron chi connectivity index (χ2n) is 11.6. The molecule has 9 nitrogen and oxygen atoms in total. The Morgan fingerprint density at radius 3 is 2.51 bits per heavy atom. The van der Waals surface area contributed by atoms with E-state index in [0.717, 1.165) is 68.9 Å². The highest BCUT2D eigenvalue weighted by Gasteiger charge is 2.33. The van der Waals surface area contributed by atoms with E-state index in [9.17, 15) is 4.79 Å². The zero-order valence-corrected chi connectivity index (χ0v) is 23.6. The van der Waals surface area contributed by atoms with Crippen LogP contribution < -0.4 is 9.64 Å². The molecule has 1 saturated carbocycles. The molecule has 9 heteroatoms. The minimum Gasteiger partial charge on any atom is -0.485 e. The number of nitrogens with zero attached hydrogens (tertiary/aromatic N) is 6. The van der Waals surface area contributed by atoms with Crippen LogP contribution in [0.25, 0.3) is 5.78 Å². The second kappa shape index (κ2) is 10.8. The number of rotatable bonds is 5. The summed E-state index contributed by atoms with van der Waals surface area (Å²) in [6.07, 6.45) is 5.19. The number of aromatic nitrogens is 4. The predicted octanol–water partition coefficient (Wildman–Crippen LogP) is 4.23. The molecule has 2 aliphatic heterocycles. The van der Waals surface area contributed by atoms with Gasteiger partial charge in [0.2, 0.25) is 5.91 Å². The van der Waals surface area contributed by atoms with E-state index in [1.807, 2.05) is 25.7 Å². The fourth-order valence-electron chi connectivity index (χ4n) is 6.58. The molecule has 0 radical (unpaired) electrons. The van der Waals surface area contributed by atoms with Crippen molar-refractivity contribution in [3.8, 4) is 5.75 Å². The van der Waals surface area contributed by atoms with Crippen molar-refractivity contribution >= 4 is 17.4 Å². The molecule has 0 N–H and O–H groups in total. The normalized spacial score (nSPS) is 25.8.